The minimum absolute atomic E-state index is 0.224. The Labute approximate surface area is 148 Å². The molecule has 3 heteroatoms. The zero-order valence-corrected chi connectivity index (χ0v) is 14.3. The summed E-state index contributed by atoms with van der Waals surface area (Å²) >= 11 is 0. The van der Waals surface area contributed by atoms with Gasteiger partial charge in [0.2, 0.25) is 0 Å². The van der Waals surface area contributed by atoms with Crippen LogP contribution in [0.4, 0.5) is 15.8 Å². The minimum Gasteiger partial charge on any atom is -0.338 e. The third-order valence-corrected chi connectivity index (χ3v) is 5.09. The third kappa shape index (κ3) is 3.23. The summed E-state index contributed by atoms with van der Waals surface area (Å²) in [7, 11) is 0. The van der Waals surface area contributed by atoms with Crippen LogP contribution < -0.4 is 4.90 Å². The standard InChI is InChI=1S/C22H22FN2/c1-16-7-10-19(11-8-16)25(18-5-3-2-4-6-18)22-13-14-24-21-12-9-17(23)15-20(21)22/h7-15,18H,1-6H2. The molecule has 0 spiro atoms. The van der Waals surface area contributed by atoms with Gasteiger partial charge in [-0.1, -0.05) is 31.4 Å². The van der Waals surface area contributed by atoms with Gasteiger partial charge in [-0.3, -0.25) is 4.98 Å². The molecule has 127 valence electrons. The lowest BCUT2D eigenvalue weighted by molar-refractivity contribution is 0.436. The molecule has 1 aromatic heterocycles. The molecule has 2 aromatic carbocycles. The molecule has 1 radical (unpaired) electrons. The van der Waals surface area contributed by atoms with E-state index in [1.807, 2.05) is 24.4 Å². The number of benzene rings is 2. The zero-order chi connectivity index (χ0) is 17.2. The lowest BCUT2D eigenvalue weighted by Gasteiger charge is -2.37. The Morgan fingerprint density at radius 1 is 0.960 bits per heavy atom. The van der Waals surface area contributed by atoms with Gasteiger partial charge >= 0.3 is 0 Å². The van der Waals surface area contributed by atoms with E-state index in [9.17, 15) is 4.39 Å². The molecule has 1 aliphatic rings. The summed E-state index contributed by atoms with van der Waals surface area (Å²) in [4.78, 5) is 6.79. The van der Waals surface area contributed by atoms with Crippen LogP contribution in [0.15, 0.2) is 54.7 Å². The molecule has 25 heavy (non-hydrogen) atoms. The Hall–Kier alpha value is -2.42. The van der Waals surface area contributed by atoms with Crippen LogP contribution in [0, 0.1) is 12.7 Å². The molecule has 1 aliphatic carbocycles. The summed E-state index contributed by atoms with van der Waals surface area (Å²) in [5, 5.41) is 0.867. The normalized spacial score (nSPS) is 15.4. The van der Waals surface area contributed by atoms with Crippen LogP contribution in [-0.4, -0.2) is 11.0 Å². The van der Waals surface area contributed by atoms with E-state index in [0.29, 0.717) is 6.04 Å². The summed E-state index contributed by atoms with van der Waals surface area (Å²) in [6, 6.07) is 15.6. The predicted molar refractivity (Wildman–Crippen MR) is 102 cm³/mol. The molecule has 1 heterocycles. The number of aromatic nitrogens is 1. The van der Waals surface area contributed by atoms with Crippen LogP contribution in [0.2, 0.25) is 0 Å². The van der Waals surface area contributed by atoms with Crippen molar-refractivity contribution in [3.05, 3.63) is 73.0 Å². The van der Waals surface area contributed by atoms with E-state index >= 15 is 0 Å². The quantitative estimate of drug-likeness (QED) is 0.582. The molecule has 0 atom stereocenters. The molecule has 3 aromatic rings. The number of halogens is 1. The summed E-state index contributed by atoms with van der Waals surface area (Å²) in [5.41, 5.74) is 4.00. The Kier molecular flexibility index (Phi) is 4.39. The molecular weight excluding hydrogens is 311 g/mol. The van der Waals surface area contributed by atoms with Gasteiger partial charge < -0.3 is 4.90 Å². The Morgan fingerprint density at radius 2 is 1.72 bits per heavy atom. The van der Waals surface area contributed by atoms with Crippen LogP contribution in [-0.2, 0) is 0 Å². The second-order valence-corrected chi connectivity index (χ2v) is 6.82. The van der Waals surface area contributed by atoms with Gasteiger partial charge in [-0.15, -0.1) is 0 Å². The SMILES string of the molecule is [CH2]c1ccc(N(c2ccnc3ccc(F)cc23)C2CCCCC2)cc1. The first-order valence-electron chi connectivity index (χ1n) is 8.98. The Bertz CT molecular complexity index is 867. The van der Waals surface area contributed by atoms with Crippen molar-refractivity contribution in [3.8, 4) is 0 Å². The van der Waals surface area contributed by atoms with E-state index < -0.39 is 0 Å². The van der Waals surface area contributed by atoms with E-state index in [1.165, 1.54) is 25.3 Å². The molecule has 4 rings (SSSR count). The molecular formula is C22H22FN2. The maximum Gasteiger partial charge on any atom is 0.124 e. The number of nitrogens with zero attached hydrogens (tertiary/aromatic N) is 2. The fourth-order valence-electron chi connectivity index (χ4n) is 3.86. The van der Waals surface area contributed by atoms with E-state index in [-0.39, 0.29) is 5.82 Å². The number of fused-ring (bicyclic) bond motifs is 1. The average molecular weight is 333 g/mol. The van der Waals surface area contributed by atoms with Crippen LogP contribution in [0.1, 0.15) is 37.7 Å². The molecule has 1 saturated carbocycles. The first-order chi connectivity index (χ1) is 12.2. The van der Waals surface area contributed by atoms with E-state index in [0.717, 1.165) is 40.7 Å². The van der Waals surface area contributed by atoms with Crippen molar-refractivity contribution in [2.24, 2.45) is 0 Å². The third-order valence-electron chi connectivity index (χ3n) is 5.09. The number of anilines is 2. The van der Waals surface area contributed by atoms with Crippen molar-refractivity contribution in [2.45, 2.75) is 38.1 Å². The van der Waals surface area contributed by atoms with E-state index in [4.69, 9.17) is 0 Å². The molecule has 2 nitrogen and oxygen atoms in total. The van der Waals surface area contributed by atoms with E-state index in [1.54, 1.807) is 12.1 Å². The van der Waals surface area contributed by atoms with Crippen LogP contribution >= 0.6 is 0 Å². The van der Waals surface area contributed by atoms with Gasteiger partial charge in [-0.2, -0.15) is 0 Å². The van der Waals surface area contributed by atoms with Crippen molar-refractivity contribution in [2.75, 3.05) is 4.90 Å². The highest BCUT2D eigenvalue weighted by Gasteiger charge is 2.24. The minimum atomic E-state index is -0.224. The van der Waals surface area contributed by atoms with Crippen molar-refractivity contribution < 1.29 is 4.39 Å². The Morgan fingerprint density at radius 3 is 2.48 bits per heavy atom. The molecule has 0 amide bonds. The van der Waals surface area contributed by atoms with Gasteiger partial charge in [0.25, 0.3) is 0 Å². The second-order valence-electron chi connectivity index (χ2n) is 6.82. The highest BCUT2D eigenvalue weighted by Crippen LogP contribution is 2.37. The lowest BCUT2D eigenvalue weighted by atomic mass is 9.93. The summed E-state index contributed by atoms with van der Waals surface area (Å²) in [5.74, 6) is -0.224. The highest BCUT2D eigenvalue weighted by molar-refractivity contribution is 5.93. The van der Waals surface area contributed by atoms with Gasteiger partial charge in [0, 0.05) is 23.3 Å². The van der Waals surface area contributed by atoms with Gasteiger partial charge in [-0.25, -0.2) is 4.39 Å². The average Bonchev–Trinajstić information content (AvgIpc) is 2.65. The van der Waals surface area contributed by atoms with Crippen molar-refractivity contribution in [1.82, 2.24) is 4.98 Å². The molecule has 1 fully saturated rings. The van der Waals surface area contributed by atoms with Crippen LogP contribution in [0.5, 0.6) is 0 Å². The van der Waals surface area contributed by atoms with Crippen molar-refractivity contribution in [3.63, 3.8) is 0 Å². The molecule has 0 N–H and O–H groups in total. The van der Waals surface area contributed by atoms with Crippen molar-refractivity contribution in [1.29, 1.82) is 0 Å². The second kappa shape index (κ2) is 6.83. The van der Waals surface area contributed by atoms with Gasteiger partial charge in [-0.05, 0) is 61.7 Å². The first kappa shape index (κ1) is 16.1. The van der Waals surface area contributed by atoms with Crippen LogP contribution in [0.25, 0.3) is 10.9 Å². The number of hydrogen-bond donors (Lipinski definition) is 0. The molecule has 0 saturated heterocycles. The zero-order valence-electron chi connectivity index (χ0n) is 14.3. The van der Waals surface area contributed by atoms with Gasteiger partial charge in [0.15, 0.2) is 0 Å². The molecule has 0 bridgehead atoms. The maximum atomic E-state index is 13.9. The smallest absolute Gasteiger partial charge is 0.124 e. The van der Waals surface area contributed by atoms with Gasteiger partial charge in [0.1, 0.15) is 5.82 Å². The lowest BCUT2D eigenvalue weighted by Crippen LogP contribution is -2.33. The summed E-state index contributed by atoms with van der Waals surface area (Å²) < 4.78 is 13.9. The number of hydrogen-bond acceptors (Lipinski definition) is 2. The van der Waals surface area contributed by atoms with Gasteiger partial charge in [0.05, 0.1) is 11.2 Å². The summed E-state index contributed by atoms with van der Waals surface area (Å²) in [6.45, 7) is 3.99. The maximum absolute atomic E-state index is 13.9. The molecule has 0 unspecified atom stereocenters. The Balaban J connectivity index is 1.88. The topological polar surface area (TPSA) is 16.1 Å². The number of rotatable bonds is 3. The van der Waals surface area contributed by atoms with Crippen molar-refractivity contribution >= 4 is 22.3 Å². The number of pyridine rings is 1. The first-order valence-corrected chi connectivity index (χ1v) is 8.98. The fraction of sp³-hybridized carbons (Fsp3) is 0.273. The highest BCUT2D eigenvalue weighted by atomic mass is 19.1. The largest absolute Gasteiger partial charge is 0.338 e. The van der Waals surface area contributed by atoms with E-state index in [2.05, 4.69) is 28.9 Å². The predicted octanol–water partition coefficient (Wildman–Crippen LogP) is 6.03. The fourth-order valence-corrected chi connectivity index (χ4v) is 3.86. The van der Waals surface area contributed by atoms with Crippen LogP contribution in [0.3, 0.4) is 0 Å². The monoisotopic (exact) mass is 333 g/mol. The summed E-state index contributed by atoms with van der Waals surface area (Å²) in [6.07, 6.45) is 7.92. The molecule has 0 aliphatic heterocycles.